The fourth-order valence-electron chi connectivity index (χ4n) is 3.40. The molecule has 1 saturated heterocycles. The molecule has 0 radical (unpaired) electrons. The van der Waals surface area contributed by atoms with Crippen LogP contribution in [0.25, 0.3) is 0 Å². The number of aldehydes is 1. The minimum absolute atomic E-state index is 0.341. The summed E-state index contributed by atoms with van der Waals surface area (Å²) in [6, 6.07) is 13.2. The first-order chi connectivity index (χ1) is 8.70. The summed E-state index contributed by atoms with van der Waals surface area (Å²) in [4.78, 5) is 10.9. The number of hydrogen-bond acceptors (Lipinski definition) is 1. The lowest BCUT2D eigenvalue weighted by molar-refractivity contribution is -0.111. The van der Waals surface area contributed by atoms with Crippen molar-refractivity contribution in [2.45, 2.75) is 51.2 Å². The van der Waals surface area contributed by atoms with Gasteiger partial charge >= 0.3 is 0 Å². The Labute approximate surface area is 112 Å². The molecule has 1 aromatic carbocycles. The molecule has 98 valence electrons. The van der Waals surface area contributed by atoms with Crippen LogP contribution < -0.4 is 5.19 Å². The molecule has 2 heteroatoms. The predicted octanol–water partition coefficient (Wildman–Crippen LogP) is 3.67. The zero-order chi connectivity index (χ0) is 13.0. The number of hydrogen-bond donors (Lipinski definition) is 0. The number of carbonyl (C=O) groups is 1. The third kappa shape index (κ3) is 2.74. The molecule has 0 bridgehead atoms. The van der Waals surface area contributed by atoms with E-state index in [0.29, 0.717) is 5.92 Å². The molecule has 0 amide bonds. The summed E-state index contributed by atoms with van der Waals surface area (Å²) in [5.74, 6) is 0.341. The van der Waals surface area contributed by atoms with Crippen molar-refractivity contribution in [1.82, 2.24) is 0 Å². The standard InChI is InChI=1S/C16H24OSi/c1-3-10-18(11-8-15(13-17)9-12-18)16-6-4-14(2)5-7-16/h4-7,13,15H,3,8-12H2,1-2H3. The summed E-state index contributed by atoms with van der Waals surface area (Å²) in [6.07, 6.45) is 4.72. The van der Waals surface area contributed by atoms with Gasteiger partial charge in [0.25, 0.3) is 0 Å². The van der Waals surface area contributed by atoms with E-state index in [1.807, 2.05) is 0 Å². The third-order valence-electron chi connectivity index (χ3n) is 4.57. The largest absolute Gasteiger partial charge is 0.303 e. The smallest absolute Gasteiger partial charge is 0.123 e. The van der Waals surface area contributed by atoms with Gasteiger partial charge in [0.05, 0.1) is 8.07 Å². The summed E-state index contributed by atoms with van der Waals surface area (Å²) in [5.41, 5.74) is 1.35. The van der Waals surface area contributed by atoms with E-state index in [2.05, 4.69) is 38.1 Å². The Bertz CT molecular complexity index is 388. The lowest BCUT2D eigenvalue weighted by atomic mass is 10.1. The van der Waals surface area contributed by atoms with Gasteiger partial charge in [0.15, 0.2) is 0 Å². The highest BCUT2D eigenvalue weighted by atomic mass is 28.3. The molecule has 18 heavy (non-hydrogen) atoms. The molecular formula is C16H24OSi. The predicted molar refractivity (Wildman–Crippen MR) is 80.1 cm³/mol. The molecule has 0 N–H and O–H groups in total. The average Bonchev–Trinajstić information content (AvgIpc) is 2.40. The van der Waals surface area contributed by atoms with Crippen LogP contribution in [0, 0.1) is 12.8 Å². The minimum atomic E-state index is -1.30. The summed E-state index contributed by atoms with van der Waals surface area (Å²) < 4.78 is 0. The van der Waals surface area contributed by atoms with Crippen LogP contribution in [0.4, 0.5) is 0 Å². The van der Waals surface area contributed by atoms with Crippen molar-refractivity contribution in [2.75, 3.05) is 0 Å². The van der Waals surface area contributed by atoms with Gasteiger partial charge in [-0.15, -0.1) is 0 Å². The van der Waals surface area contributed by atoms with E-state index in [1.54, 1.807) is 5.19 Å². The minimum Gasteiger partial charge on any atom is -0.303 e. The number of aryl methyl sites for hydroxylation is 1. The van der Waals surface area contributed by atoms with Crippen LogP contribution in [0.15, 0.2) is 24.3 Å². The number of carbonyl (C=O) groups excluding carboxylic acids is 1. The SMILES string of the molecule is CCC[Si]1(c2ccc(C)cc2)CCC(C=O)CC1. The summed E-state index contributed by atoms with van der Waals surface area (Å²) in [5, 5.41) is 1.62. The first kappa shape index (κ1) is 13.5. The molecule has 0 unspecified atom stereocenters. The Kier molecular flexibility index (Phi) is 4.39. The Morgan fingerprint density at radius 1 is 1.22 bits per heavy atom. The van der Waals surface area contributed by atoms with E-state index in [-0.39, 0.29) is 0 Å². The zero-order valence-electron chi connectivity index (χ0n) is 11.6. The normalized spacial score (nSPS) is 28.0. The van der Waals surface area contributed by atoms with Crippen molar-refractivity contribution in [3.05, 3.63) is 29.8 Å². The first-order valence-electron chi connectivity index (χ1n) is 7.22. The maximum atomic E-state index is 10.9. The van der Waals surface area contributed by atoms with Gasteiger partial charge in [-0.1, -0.05) is 66.5 Å². The van der Waals surface area contributed by atoms with Crippen LogP contribution in [0.1, 0.15) is 31.7 Å². The molecule has 0 saturated carbocycles. The monoisotopic (exact) mass is 260 g/mol. The van der Waals surface area contributed by atoms with Crippen molar-refractivity contribution in [3.63, 3.8) is 0 Å². The molecule has 0 aromatic heterocycles. The van der Waals surface area contributed by atoms with Gasteiger partial charge in [-0.05, 0) is 19.8 Å². The fourth-order valence-corrected chi connectivity index (χ4v) is 8.69. The lowest BCUT2D eigenvalue weighted by Gasteiger charge is -2.37. The zero-order valence-corrected chi connectivity index (χ0v) is 12.6. The van der Waals surface area contributed by atoms with E-state index in [4.69, 9.17) is 0 Å². The maximum absolute atomic E-state index is 10.9. The van der Waals surface area contributed by atoms with E-state index in [9.17, 15) is 4.79 Å². The molecular weight excluding hydrogens is 236 g/mol. The highest BCUT2D eigenvalue weighted by Gasteiger charge is 2.37. The van der Waals surface area contributed by atoms with Gasteiger partial charge in [0, 0.05) is 5.92 Å². The van der Waals surface area contributed by atoms with Crippen LogP contribution in [-0.2, 0) is 4.79 Å². The Balaban J connectivity index is 2.22. The van der Waals surface area contributed by atoms with Gasteiger partial charge in [-0.2, -0.15) is 0 Å². The second kappa shape index (κ2) is 5.83. The third-order valence-corrected chi connectivity index (χ3v) is 10.1. The Morgan fingerprint density at radius 3 is 2.33 bits per heavy atom. The maximum Gasteiger partial charge on any atom is 0.123 e. The molecule has 0 atom stereocenters. The van der Waals surface area contributed by atoms with E-state index < -0.39 is 8.07 Å². The average molecular weight is 260 g/mol. The topological polar surface area (TPSA) is 17.1 Å². The molecule has 1 nitrogen and oxygen atoms in total. The highest BCUT2D eigenvalue weighted by molar-refractivity contribution is 6.92. The molecule has 1 aromatic rings. The molecule has 0 spiro atoms. The van der Waals surface area contributed by atoms with Crippen molar-refractivity contribution < 1.29 is 4.79 Å². The van der Waals surface area contributed by atoms with Crippen LogP contribution in [0.5, 0.6) is 0 Å². The van der Waals surface area contributed by atoms with Gasteiger partial charge in [-0.25, -0.2) is 0 Å². The summed E-state index contributed by atoms with van der Waals surface area (Å²) in [7, 11) is -1.30. The molecule has 0 aliphatic carbocycles. The van der Waals surface area contributed by atoms with Gasteiger partial charge in [0.2, 0.25) is 0 Å². The van der Waals surface area contributed by atoms with Crippen LogP contribution in [0.2, 0.25) is 18.1 Å². The lowest BCUT2D eigenvalue weighted by Crippen LogP contribution is -2.50. The van der Waals surface area contributed by atoms with E-state index >= 15 is 0 Å². The highest BCUT2D eigenvalue weighted by Crippen LogP contribution is 2.35. The summed E-state index contributed by atoms with van der Waals surface area (Å²) >= 11 is 0. The van der Waals surface area contributed by atoms with Crippen LogP contribution in [0.3, 0.4) is 0 Å². The molecule has 2 rings (SSSR count). The first-order valence-corrected chi connectivity index (χ1v) is 9.85. The second-order valence-electron chi connectivity index (χ2n) is 5.87. The Hall–Kier alpha value is -0.893. The van der Waals surface area contributed by atoms with Gasteiger partial charge in [0.1, 0.15) is 6.29 Å². The van der Waals surface area contributed by atoms with Crippen LogP contribution >= 0.6 is 0 Å². The van der Waals surface area contributed by atoms with E-state index in [1.165, 1.54) is 36.4 Å². The fraction of sp³-hybridized carbons (Fsp3) is 0.562. The molecule has 1 aliphatic heterocycles. The van der Waals surface area contributed by atoms with Crippen molar-refractivity contribution in [2.24, 2.45) is 5.92 Å². The number of benzene rings is 1. The van der Waals surface area contributed by atoms with Crippen LogP contribution in [-0.4, -0.2) is 14.4 Å². The van der Waals surface area contributed by atoms with Crippen molar-refractivity contribution in [3.8, 4) is 0 Å². The second-order valence-corrected chi connectivity index (χ2v) is 10.5. The molecule has 1 heterocycles. The van der Waals surface area contributed by atoms with Crippen molar-refractivity contribution >= 4 is 19.5 Å². The molecule has 1 fully saturated rings. The van der Waals surface area contributed by atoms with Crippen molar-refractivity contribution in [1.29, 1.82) is 0 Å². The quantitative estimate of drug-likeness (QED) is 0.596. The Morgan fingerprint density at radius 2 is 1.83 bits per heavy atom. The van der Waals surface area contributed by atoms with Gasteiger partial charge in [-0.3, -0.25) is 0 Å². The summed E-state index contributed by atoms with van der Waals surface area (Å²) in [6.45, 7) is 4.45. The molecule has 1 aliphatic rings. The van der Waals surface area contributed by atoms with Gasteiger partial charge < -0.3 is 4.79 Å². The number of rotatable bonds is 4. The van der Waals surface area contributed by atoms with E-state index in [0.717, 1.165) is 12.8 Å².